The molecule has 23 heavy (non-hydrogen) atoms. The number of nitrogens with one attached hydrogen (secondary N) is 2. The second-order valence-electron chi connectivity index (χ2n) is 5.42. The van der Waals surface area contributed by atoms with Gasteiger partial charge in [0.05, 0.1) is 19.6 Å². The van der Waals surface area contributed by atoms with Gasteiger partial charge in [-0.15, -0.1) is 0 Å². The van der Waals surface area contributed by atoms with Crippen molar-refractivity contribution in [3.63, 3.8) is 0 Å². The van der Waals surface area contributed by atoms with Crippen molar-refractivity contribution in [3.8, 4) is 5.75 Å². The van der Waals surface area contributed by atoms with Gasteiger partial charge in [-0.05, 0) is 26.8 Å². The number of H-pyrrole nitrogens is 1. The van der Waals surface area contributed by atoms with Crippen LogP contribution in [0.25, 0.3) is 0 Å². The van der Waals surface area contributed by atoms with E-state index >= 15 is 0 Å². The number of carbonyl (C=O) groups is 1. The van der Waals surface area contributed by atoms with Crippen LogP contribution in [-0.2, 0) is 11.2 Å². The third-order valence-corrected chi connectivity index (χ3v) is 3.66. The minimum Gasteiger partial charge on any atom is -0.496 e. The molecule has 1 amide bonds. The highest BCUT2D eigenvalue weighted by atomic mass is 16.5. The van der Waals surface area contributed by atoms with Gasteiger partial charge in [0.1, 0.15) is 11.6 Å². The van der Waals surface area contributed by atoms with E-state index in [0.29, 0.717) is 22.8 Å². The van der Waals surface area contributed by atoms with E-state index in [9.17, 15) is 9.59 Å². The van der Waals surface area contributed by atoms with Crippen LogP contribution in [0.5, 0.6) is 5.75 Å². The Morgan fingerprint density at radius 1 is 1.35 bits per heavy atom. The molecule has 2 aromatic rings. The molecule has 0 unspecified atom stereocenters. The third kappa shape index (κ3) is 3.97. The number of benzene rings is 1. The lowest BCUT2D eigenvalue weighted by atomic mass is 10.1. The summed E-state index contributed by atoms with van der Waals surface area (Å²) in [6, 6.07) is 7.28. The van der Waals surface area contributed by atoms with Crippen molar-refractivity contribution >= 4 is 5.91 Å². The molecule has 2 rings (SSSR count). The molecule has 0 radical (unpaired) electrons. The largest absolute Gasteiger partial charge is 0.496 e. The first-order chi connectivity index (χ1) is 10.9. The van der Waals surface area contributed by atoms with Crippen molar-refractivity contribution < 1.29 is 9.53 Å². The topological polar surface area (TPSA) is 84.1 Å². The van der Waals surface area contributed by atoms with Crippen LogP contribution in [0, 0.1) is 13.8 Å². The molecule has 0 spiro atoms. The average molecular weight is 315 g/mol. The number of ether oxygens (including phenoxy) is 1. The van der Waals surface area contributed by atoms with Crippen LogP contribution in [0.3, 0.4) is 0 Å². The molecule has 1 atom stereocenters. The van der Waals surface area contributed by atoms with E-state index in [2.05, 4.69) is 15.3 Å². The molecule has 0 fully saturated rings. The predicted octanol–water partition coefficient (Wildman–Crippen LogP) is 1.82. The minimum absolute atomic E-state index is 0.00602. The van der Waals surface area contributed by atoms with E-state index in [1.165, 1.54) is 0 Å². The lowest BCUT2D eigenvalue weighted by Crippen LogP contribution is -2.31. The molecule has 122 valence electrons. The van der Waals surface area contributed by atoms with Gasteiger partial charge in [-0.1, -0.05) is 18.2 Å². The first-order valence-electron chi connectivity index (χ1n) is 7.41. The Morgan fingerprint density at radius 2 is 2.04 bits per heavy atom. The molecule has 0 saturated carbocycles. The van der Waals surface area contributed by atoms with Gasteiger partial charge >= 0.3 is 0 Å². The lowest BCUT2D eigenvalue weighted by Gasteiger charge is -2.17. The van der Waals surface area contributed by atoms with Gasteiger partial charge in [-0.3, -0.25) is 9.59 Å². The number of hydrogen-bond acceptors (Lipinski definition) is 4. The Balaban J connectivity index is 2.12. The van der Waals surface area contributed by atoms with Crippen LogP contribution in [-0.4, -0.2) is 23.0 Å². The Labute approximate surface area is 134 Å². The van der Waals surface area contributed by atoms with Gasteiger partial charge in [-0.2, -0.15) is 0 Å². The van der Waals surface area contributed by atoms with Crippen molar-refractivity contribution in [2.75, 3.05) is 7.11 Å². The molecule has 1 heterocycles. The number of aromatic amines is 1. The maximum absolute atomic E-state index is 12.3. The molecule has 0 saturated heterocycles. The van der Waals surface area contributed by atoms with Crippen molar-refractivity contribution in [1.82, 2.24) is 15.3 Å². The first kappa shape index (κ1) is 16.7. The molecule has 0 aliphatic rings. The summed E-state index contributed by atoms with van der Waals surface area (Å²) in [6.07, 6.45) is -0.00602. The molecule has 0 aliphatic carbocycles. The number of carbonyl (C=O) groups excluding carboxylic acids is 1. The van der Waals surface area contributed by atoms with E-state index in [1.54, 1.807) is 21.0 Å². The van der Waals surface area contributed by atoms with Crippen molar-refractivity contribution in [2.45, 2.75) is 33.2 Å². The number of para-hydroxylation sites is 1. The highest BCUT2D eigenvalue weighted by Gasteiger charge is 2.16. The fourth-order valence-electron chi connectivity index (χ4n) is 2.51. The second kappa shape index (κ2) is 7.09. The summed E-state index contributed by atoms with van der Waals surface area (Å²) in [5, 5.41) is 2.89. The molecule has 6 heteroatoms. The molecule has 0 bridgehead atoms. The summed E-state index contributed by atoms with van der Waals surface area (Å²) < 4.78 is 5.30. The van der Waals surface area contributed by atoms with Crippen LogP contribution < -0.4 is 15.6 Å². The fraction of sp³-hybridized carbons (Fsp3) is 0.353. The summed E-state index contributed by atoms with van der Waals surface area (Å²) in [5.74, 6) is 1.02. The van der Waals surface area contributed by atoms with Crippen LogP contribution in [0.2, 0.25) is 0 Å². The summed E-state index contributed by atoms with van der Waals surface area (Å²) in [5.41, 5.74) is 1.58. The standard InChI is InChI=1S/C17H21N3O3/c1-10(13-7-5-6-8-15(13)23-4)19-16(21)9-14-11(2)18-12(3)20-17(14)22/h5-8,10H,9H2,1-4H3,(H,19,21)(H,18,20,22)/t10-/m0/s1. The quantitative estimate of drug-likeness (QED) is 0.881. The van der Waals surface area contributed by atoms with Crippen LogP contribution in [0.1, 0.15) is 35.6 Å². The van der Waals surface area contributed by atoms with Crippen molar-refractivity contribution in [1.29, 1.82) is 0 Å². The first-order valence-corrected chi connectivity index (χ1v) is 7.41. The van der Waals surface area contributed by atoms with Crippen molar-refractivity contribution in [2.24, 2.45) is 0 Å². The van der Waals surface area contributed by atoms with Gasteiger partial charge in [-0.25, -0.2) is 4.98 Å². The average Bonchev–Trinajstić information content (AvgIpc) is 2.50. The van der Waals surface area contributed by atoms with E-state index in [0.717, 1.165) is 5.56 Å². The molecule has 2 N–H and O–H groups in total. The Morgan fingerprint density at radius 3 is 2.70 bits per heavy atom. The molecule has 6 nitrogen and oxygen atoms in total. The summed E-state index contributed by atoms with van der Waals surface area (Å²) in [7, 11) is 1.59. The maximum Gasteiger partial charge on any atom is 0.254 e. The van der Waals surface area contributed by atoms with Gasteiger partial charge in [0.25, 0.3) is 5.56 Å². The normalized spacial score (nSPS) is 11.8. The monoisotopic (exact) mass is 315 g/mol. The zero-order valence-corrected chi connectivity index (χ0v) is 13.8. The Hall–Kier alpha value is -2.63. The maximum atomic E-state index is 12.3. The molecular weight excluding hydrogens is 294 g/mol. The summed E-state index contributed by atoms with van der Waals surface area (Å²) in [4.78, 5) is 31.0. The Bertz CT molecular complexity index is 768. The van der Waals surface area contributed by atoms with Crippen molar-refractivity contribution in [3.05, 3.63) is 57.3 Å². The van der Waals surface area contributed by atoms with Crippen LogP contribution in [0.15, 0.2) is 29.1 Å². The summed E-state index contributed by atoms with van der Waals surface area (Å²) >= 11 is 0. The number of aromatic nitrogens is 2. The number of hydrogen-bond donors (Lipinski definition) is 2. The molecule has 1 aromatic heterocycles. The number of rotatable bonds is 5. The van der Waals surface area contributed by atoms with E-state index in [1.807, 2.05) is 31.2 Å². The molecular formula is C17H21N3O3. The highest BCUT2D eigenvalue weighted by molar-refractivity contribution is 5.79. The number of amides is 1. The van der Waals surface area contributed by atoms with E-state index < -0.39 is 0 Å². The molecule has 1 aromatic carbocycles. The second-order valence-corrected chi connectivity index (χ2v) is 5.42. The van der Waals surface area contributed by atoms with E-state index in [4.69, 9.17) is 4.74 Å². The highest BCUT2D eigenvalue weighted by Crippen LogP contribution is 2.24. The number of aryl methyl sites for hydroxylation is 2. The smallest absolute Gasteiger partial charge is 0.254 e. The fourth-order valence-corrected chi connectivity index (χ4v) is 2.51. The van der Waals surface area contributed by atoms with Gasteiger partial charge in [0.2, 0.25) is 5.91 Å². The zero-order valence-electron chi connectivity index (χ0n) is 13.8. The number of methoxy groups -OCH3 is 1. The van der Waals surface area contributed by atoms with Gasteiger partial charge in [0.15, 0.2) is 0 Å². The summed E-state index contributed by atoms with van der Waals surface area (Å²) in [6.45, 7) is 5.32. The van der Waals surface area contributed by atoms with Crippen LogP contribution in [0.4, 0.5) is 0 Å². The minimum atomic E-state index is -0.268. The lowest BCUT2D eigenvalue weighted by molar-refractivity contribution is -0.121. The third-order valence-electron chi connectivity index (χ3n) is 3.66. The number of nitrogens with zero attached hydrogens (tertiary/aromatic N) is 1. The van der Waals surface area contributed by atoms with E-state index in [-0.39, 0.29) is 23.9 Å². The van der Waals surface area contributed by atoms with Crippen LogP contribution >= 0.6 is 0 Å². The SMILES string of the molecule is COc1ccccc1[C@H](C)NC(=O)Cc1c(C)nc(C)[nH]c1=O. The Kier molecular flexibility index (Phi) is 5.16. The van der Waals surface area contributed by atoms with Gasteiger partial charge in [0, 0.05) is 16.8 Å². The molecule has 0 aliphatic heterocycles. The van der Waals surface area contributed by atoms with Gasteiger partial charge < -0.3 is 15.0 Å². The predicted molar refractivity (Wildman–Crippen MR) is 87.6 cm³/mol. The zero-order chi connectivity index (χ0) is 17.0.